The van der Waals surface area contributed by atoms with Crippen molar-refractivity contribution >= 4 is 18.3 Å². The second kappa shape index (κ2) is 9.43. The molecule has 0 unspecified atom stereocenters. The number of hydrogen-bond donors (Lipinski definition) is 2. The van der Waals surface area contributed by atoms with Crippen LogP contribution in [0.4, 0.5) is 18.0 Å². The number of amides is 1. The average Bonchev–Trinajstić information content (AvgIpc) is 2.44. The van der Waals surface area contributed by atoms with Crippen LogP contribution in [0.25, 0.3) is 0 Å². The molecule has 0 bridgehead atoms. The van der Waals surface area contributed by atoms with Crippen LogP contribution in [0.5, 0.6) is 0 Å². The lowest BCUT2D eigenvalue weighted by Crippen LogP contribution is -2.46. The molecule has 0 aliphatic heterocycles. The lowest BCUT2D eigenvalue weighted by atomic mass is 10.2. The molecular formula is C16H27F3N4O2. The number of carbonyl (C=O) groups excluding carboxylic acids is 1. The molecule has 0 aromatic rings. The molecule has 25 heavy (non-hydrogen) atoms. The highest BCUT2D eigenvalue weighted by atomic mass is 19.4. The summed E-state index contributed by atoms with van der Waals surface area (Å²) >= 11 is 0. The Hall–Kier alpha value is -2.06. The summed E-state index contributed by atoms with van der Waals surface area (Å²) in [5.74, 6) is -0.417. The third-order valence-corrected chi connectivity index (χ3v) is 3.18. The van der Waals surface area contributed by atoms with Crippen LogP contribution in [0, 0.1) is 5.41 Å². The smallest absolute Gasteiger partial charge is 0.417 e. The lowest BCUT2D eigenvalue weighted by Gasteiger charge is -2.30. The molecule has 0 saturated heterocycles. The standard InChI is InChI=1S/C16H27F3N4O2/c1-7-11(16(17,18)19)9-21-13(20)22-10-12(8-2)23(6)14(24)25-15(3,4)5/h7,9,12H,8,10H2,1-6H3,(H2,20,22)/b11-7+,21-9-/t12-/m0/s1. The Morgan fingerprint density at radius 3 is 2.32 bits per heavy atom. The van der Waals surface area contributed by atoms with E-state index in [0.717, 1.165) is 6.08 Å². The maximum absolute atomic E-state index is 12.6. The average molecular weight is 364 g/mol. The van der Waals surface area contributed by atoms with Gasteiger partial charge in [-0.3, -0.25) is 5.41 Å². The van der Waals surface area contributed by atoms with Gasteiger partial charge in [0.25, 0.3) is 0 Å². The summed E-state index contributed by atoms with van der Waals surface area (Å²) in [4.78, 5) is 16.9. The molecule has 0 radical (unpaired) electrons. The number of alkyl halides is 3. The molecule has 0 aromatic heterocycles. The Labute approximate surface area is 146 Å². The van der Waals surface area contributed by atoms with Crippen molar-refractivity contribution in [1.82, 2.24) is 10.2 Å². The Morgan fingerprint density at radius 1 is 1.36 bits per heavy atom. The molecule has 6 nitrogen and oxygen atoms in total. The summed E-state index contributed by atoms with van der Waals surface area (Å²) in [6, 6.07) is -0.297. The first kappa shape index (κ1) is 22.9. The van der Waals surface area contributed by atoms with Crippen molar-refractivity contribution < 1.29 is 22.7 Å². The van der Waals surface area contributed by atoms with Gasteiger partial charge in [-0.25, -0.2) is 9.79 Å². The summed E-state index contributed by atoms with van der Waals surface area (Å²) in [6.07, 6.45) is -2.98. The molecular weight excluding hydrogens is 337 g/mol. The fraction of sp³-hybridized carbons (Fsp3) is 0.688. The first-order valence-corrected chi connectivity index (χ1v) is 7.87. The summed E-state index contributed by atoms with van der Waals surface area (Å²) < 4.78 is 42.9. The topological polar surface area (TPSA) is 77.8 Å². The van der Waals surface area contributed by atoms with Gasteiger partial charge in [0.2, 0.25) is 5.96 Å². The minimum absolute atomic E-state index is 0.166. The van der Waals surface area contributed by atoms with Crippen LogP contribution in [-0.2, 0) is 4.74 Å². The minimum atomic E-state index is -4.51. The van der Waals surface area contributed by atoms with Crippen molar-refractivity contribution in [3.63, 3.8) is 0 Å². The predicted octanol–water partition coefficient (Wildman–Crippen LogP) is 3.74. The molecule has 0 rings (SSSR count). The van der Waals surface area contributed by atoms with Gasteiger partial charge in [-0.05, 0) is 34.1 Å². The van der Waals surface area contributed by atoms with Gasteiger partial charge >= 0.3 is 12.3 Å². The molecule has 0 aliphatic carbocycles. The van der Waals surface area contributed by atoms with Gasteiger partial charge in [-0.1, -0.05) is 13.0 Å². The van der Waals surface area contributed by atoms with E-state index in [1.54, 1.807) is 27.8 Å². The molecule has 144 valence electrons. The van der Waals surface area contributed by atoms with Crippen LogP contribution in [0.1, 0.15) is 41.0 Å². The third-order valence-electron chi connectivity index (χ3n) is 3.18. The number of aliphatic imine (C=N–C) groups is 1. The SMILES string of the molecule is C/C=C(\C=N/C(=N)NC[C@H](CC)N(C)C(=O)OC(C)(C)C)C(F)(F)F. The fourth-order valence-electron chi connectivity index (χ4n) is 1.74. The van der Waals surface area contributed by atoms with E-state index in [0.29, 0.717) is 12.6 Å². The monoisotopic (exact) mass is 364 g/mol. The van der Waals surface area contributed by atoms with E-state index in [9.17, 15) is 18.0 Å². The summed E-state index contributed by atoms with van der Waals surface area (Å²) in [5.41, 5.74) is -1.56. The van der Waals surface area contributed by atoms with Crippen molar-refractivity contribution in [1.29, 1.82) is 5.41 Å². The van der Waals surface area contributed by atoms with Crippen molar-refractivity contribution in [3.8, 4) is 0 Å². The molecule has 0 heterocycles. The van der Waals surface area contributed by atoms with Crippen LogP contribution in [0.15, 0.2) is 16.6 Å². The number of halogens is 3. The number of likely N-dealkylation sites (N-methyl/N-ethyl adjacent to an activating group) is 1. The number of nitrogens with one attached hydrogen (secondary N) is 2. The van der Waals surface area contributed by atoms with Gasteiger partial charge < -0.3 is 15.0 Å². The summed E-state index contributed by atoms with van der Waals surface area (Å²) in [7, 11) is 1.57. The number of nitrogens with zero attached hydrogens (tertiary/aromatic N) is 2. The van der Waals surface area contributed by atoms with E-state index in [1.165, 1.54) is 11.8 Å². The zero-order valence-electron chi connectivity index (χ0n) is 15.5. The van der Waals surface area contributed by atoms with E-state index in [1.807, 2.05) is 6.92 Å². The van der Waals surface area contributed by atoms with Gasteiger partial charge in [0.15, 0.2) is 0 Å². The molecule has 1 amide bonds. The molecule has 0 spiro atoms. The molecule has 9 heteroatoms. The summed E-state index contributed by atoms with van der Waals surface area (Å²) in [5, 5.41) is 10.2. The van der Waals surface area contributed by atoms with Gasteiger partial charge in [0.05, 0.1) is 11.6 Å². The van der Waals surface area contributed by atoms with Crippen molar-refractivity contribution in [2.24, 2.45) is 4.99 Å². The molecule has 1 atom stereocenters. The molecule has 0 saturated carbocycles. The Morgan fingerprint density at radius 2 is 1.92 bits per heavy atom. The van der Waals surface area contributed by atoms with E-state index >= 15 is 0 Å². The van der Waals surface area contributed by atoms with Crippen LogP contribution >= 0.6 is 0 Å². The van der Waals surface area contributed by atoms with Gasteiger partial charge in [-0.15, -0.1) is 0 Å². The van der Waals surface area contributed by atoms with Crippen molar-refractivity contribution in [3.05, 3.63) is 11.6 Å². The first-order chi connectivity index (χ1) is 11.3. The molecule has 2 N–H and O–H groups in total. The van der Waals surface area contributed by atoms with Crippen molar-refractivity contribution in [2.75, 3.05) is 13.6 Å². The Balaban J connectivity index is 4.70. The van der Waals surface area contributed by atoms with Crippen LogP contribution in [0.2, 0.25) is 0 Å². The van der Waals surface area contributed by atoms with Crippen LogP contribution in [0.3, 0.4) is 0 Å². The second-order valence-electron chi connectivity index (χ2n) is 6.38. The number of rotatable bonds is 5. The first-order valence-electron chi connectivity index (χ1n) is 7.87. The van der Waals surface area contributed by atoms with Crippen LogP contribution < -0.4 is 5.32 Å². The van der Waals surface area contributed by atoms with E-state index in [2.05, 4.69) is 10.3 Å². The van der Waals surface area contributed by atoms with E-state index < -0.39 is 29.4 Å². The normalized spacial score (nSPS) is 14.4. The maximum Gasteiger partial charge on any atom is 0.417 e. The van der Waals surface area contributed by atoms with E-state index in [-0.39, 0.29) is 12.6 Å². The number of carbonyl (C=O) groups is 1. The highest BCUT2D eigenvalue weighted by molar-refractivity contribution is 5.92. The third kappa shape index (κ3) is 9.11. The Bertz CT molecular complexity index is 522. The van der Waals surface area contributed by atoms with Crippen molar-refractivity contribution in [2.45, 2.75) is 58.9 Å². The zero-order valence-corrected chi connectivity index (χ0v) is 15.5. The quantitative estimate of drug-likeness (QED) is 0.576. The second-order valence-corrected chi connectivity index (χ2v) is 6.38. The highest BCUT2D eigenvalue weighted by Crippen LogP contribution is 2.23. The fourth-order valence-corrected chi connectivity index (χ4v) is 1.74. The molecule has 0 aromatic carbocycles. The van der Waals surface area contributed by atoms with Gasteiger partial charge in [0.1, 0.15) is 5.60 Å². The predicted molar refractivity (Wildman–Crippen MR) is 92.1 cm³/mol. The molecule has 0 fully saturated rings. The lowest BCUT2D eigenvalue weighted by molar-refractivity contribution is -0.0857. The Kier molecular flexibility index (Phi) is 8.65. The number of ether oxygens (including phenoxy) is 1. The van der Waals surface area contributed by atoms with E-state index in [4.69, 9.17) is 10.1 Å². The summed E-state index contributed by atoms with van der Waals surface area (Å²) in [6.45, 7) is 8.52. The number of guanidine groups is 1. The highest BCUT2D eigenvalue weighted by Gasteiger charge is 2.31. The largest absolute Gasteiger partial charge is 0.444 e. The van der Waals surface area contributed by atoms with Crippen LogP contribution in [-0.4, -0.2) is 54.6 Å². The molecule has 0 aliphatic rings. The maximum atomic E-state index is 12.6. The van der Waals surface area contributed by atoms with Gasteiger partial charge in [-0.2, -0.15) is 13.2 Å². The number of hydrogen-bond acceptors (Lipinski definition) is 3. The van der Waals surface area contributed by atoms with Gasteiger partial charge in [0, 0.05) is 19.8 Å². The minimum Gasteiger partial charge on any atom is -0.444 e. The zero-order chi connectivity index (χ0) is 19.8. The number of allylic oxidation sites excluding steroid dienone is 2.